The summed E-state index contributed by atoms with van der Waals surface area (Å²) in [6, 6.07) is 5.63. The summed E-state index contributed by atoms with van der Waals surface area (Å²) in [4.78, 5) is 0. The molecule has 0 fully saturated rings. The average molecular weight is 275 g/mol. The summed E-state index contributed by atoms with van der Waals surface area (Å²) in [5.41, 5.74) is 0.829. The van der Waals surface area contributed by atoms with Crippen molar-refractivity contribution in [3.8, 4) is 23.0 Å². The number of benzene rings is 1. The molecule has 6 nitrogen and oxygen atoms in total. The Balaban J connectivity index is 1.79. The smallest absolute Gasteiger partial charge is 0.247 e. The van der Waals surface area contributed by atoms with E-state index in [1.54, 1.807) is 0 Å². The Morgan fingerprint density at radius 3 is 2.95 bits per heavy atom. The van der Waals surface area contributed by atoms with Crippen molar-refractivity contribution in [1.82, 2.24) is 15.5 Å². The third-order valence-corrected chi connectivity index (χ3v) is 3.13. The molecule has 0 spiro atoms. The molecule has 6 heteroatoms. The number of nitrogens with one attached hydrogen (secondary N) is 1. The molecule has 1 aromatic carbocycles. The summed E-state index contributed by atoms with van der Waals surface area (Å²) in [7, 11) is 0. The van der Waals surface area contributed by atoms with Gasteiger partial charge in [-0.05, 0) is 38.1 Å². The number of hydrogen-bond acceptors (Lipinski definition) is 6. The molecule has 2 aromatic rings. The van der Waals surface area contributed by atoms with Gasteiger partial charge in [-0.25, -0.2) is 0 Å². The molecule has 1 unspecified atom stereocenters. The largest absolute Gasteiger partial charge is 0.454 e. The van der Waals surface area contributed by atoms with Gasteiger partial charge in [-0.3, -0.25) is 0 Å². The Kier molecular flexibility index (Phi) is 3.56. The van der Waals surface area contributed by atoms with E-state index < -0.39 is 0 Å². The van der Waals surface area contributed by atoms with Gasteiger partial charge in [-0.15, -0.1) is 10.2 Å². The van der Waals surface area contributed by atoms with Gasteiger partial charge in [0.15, 0.2) is 11.5 Å². The minimum absolute atomic E-state index is 0.0465. The first-order valence-electron chi connectivity index (χ1n) is 6.74. The predicted octanol–water partition coefficient (Wildman–Crippen LogP) is 2.53. The fourth-order valence-corrected chi connectivity index (χ4v) is 2.00. The van der Waals surface area contributed by atoms with Crippen LogP contribution in [0.15, 0.2) is 22.6 Å². The van der Waals surface area contributed by atoms with Gasteiger partial charge in [0.1, 0.15) is 0 Å². The number of rotatable bonds is 5. The van der Waals surface area contributed by atoms with E-state index in [9.17, 15) is 0 Å². The van der Waals surface area contributed by atoms with Gasteiger partial charge in [0.05, 0.1) is 6.04 Å². The van der Waals surface area contributed by atoms with Crippen molar-refractivity contribution >= 4 is 0 Å². The maximum Gasteiger partial charge on any atom is 0.247 e. The van der Waals surface area contributed by atoms with Gasteiger partial charge < -0.3 is 19.2 Å². The molecule has 2 heterocycles. The molecule has 1 aromatic heterocycles. The lowest BCUT2D eigenvalue weighted by Gasteiger charge is -2.07. The third kappa shape index (κ3) is 2.46. The highest BCUT2D eigenvalue weighted by Gasteiger charge is 2.18. The maximum absolute atomic E-state index is 5.71. The summed E-state index contributed by atoms with van der Waals surface area (Å²) in [5, 5.41) is 11.5. The van der Waals surface area contributed by atoms with E-state index in [2.05, 4.69) is 22.4 Å². The highest BCUT2D eigenvalue weighted by atomic mass is 16.7. The number of ether oxygens (including phenoxy) is 2. The lowest BCUT2D eigenvalue weighted by atomic mass is 10.2. The van der Waals surface area contributed by atoms with Crippen LogP contribution < -0.4 is 14.8 Å². The molecule has 106 valence electrons. The number of aromatic nitrogens is 2. The molecular formula is C14H17N3O3. The monoisotopic (exact) mass is 275 g/mol. The van der Waals surface area contributed by atoms with Crippen molar-refractivity contribution in [2.45, 2.75) is 26.3 Å². The molecule has 1 atom stereocenters. The molecule has 0 aliphatic carbocycles. The minimum Gasteiger partial charge on any atom is -0.454 e. The molecule has 20 heavy (non-hydrogen) atoms. The molecule has 0 radical (unpaired) electrons. The topological polar surface area (TPSA) is 69.4 Å². The van der Waals surface area contributed by atoms with Crippen molar-refractivity contribution in [2.75, 3.05) is 13.3 Å². The number of nitrogens with zero attached hydrogens (tertiary/aromatic N) is 2. The van der Waals surface area contributed by atoms with Crippen LogP contribution in [-0.4, -0.2) is 23.5 Å². The van der Waals surface area contributed by atoms with Crippen molar-refractivity contribution in [2.24, 2.45) is 0 Å². The van der Waals surface area contributed by atoms with E-state index >= 15 is 0 Å². The second-order valence-electron chi connectivity index (χ2n) is 4.69. The zero-order valence-electron chi connectivity index (χ0n) is 11.5. The summed E-state index contributed by atoms with van der Waals surface area (Å²) in [6.45, 7) is 5.30. The molecule has 1 aliphatic rings. The van der Waals surface area contributed by atoms with Gasteiger partial charge in [-0.2, -0.15) is 0 Å². The van der Waals surface area contributed by atoms with E-state index in [1.807, 2.05) is 25.1 Å². The van der Waals surface area contributed by atoms with E-state index in [1.165, 1.54) is 0 Å². The molecule has 0 bridgehead atoms. The molecule has 0 amide bonds. The highest BCUT2D eigenvalue weighted by molar-refractivity contribution is 5.60. The lowest BCUT2D eigenvalue weighted by Crippen LogP contribution is -2.19. The Morgan fingerprint density at radius 2 is 2.10 bits per heavy atom. The van der Waals surface area contributed by atoms with Crippen LogP contribution in [0.1, 0.15) is 32.2 Å². The fraction of sp³-hybridized carbons (Fsp3) is 0.429. The normalized spacial score (nSPS) is 14.5. The first-order valence-corrected chi connectivity index (χ1v) is 6.74. The summed E-state index contributed by atoms with van der Waals surface area (Å²) in [5.74, 6) is 2.53. The Labute approximate surface area is 117 Å². The van der Waals surface area contributed by atoms with E-state index in [0.29, 0.717) is 17.5 Å². The van der Waals surface area contributed by atoms with Gasteiger partial charge in [0.25, 0.3) is 0 Å². The van der Waals surface area contributed by atoms with Crippen LogP contribution in [0.4, 0.5) is 0 Å². The standard InChI is InChI=1S/C14H17N3O3/c1-3-6-15-9(2)13-16-17-14(20-13)10-4-5-11-12(7-10)19-8-18-11/h4-5,7,9,15H,3,6,8H2,1-2H3. The van der Waals surface area contributed by atoms with E-state index in [0.717, 1.165) is 24.3 Å². The first kappa shape index (κ1) is 12.9. The number of hydrogen-bond donors (Lipinski definition) is 1. The van der Waals surface area contributed by atoms with E-state index in [-0.39, 0.29) is 12.8 Å². The summed E-state index contributed by atoms with van der Waals surface area (Å²) in [6.07, 6.45) is 1.06. The Hall–Kier alpha value is -2.08. The van der Waals surface area contributed by atoms with Crippen LogP contribution in [0.5, 0.6) is 11.5 Å². The quantitative estimate of drug-likeness (QED) is 0.904. The Bertz CT molecular complexity index is 597. The van der Waals surface area contributed by atoms with Crippen molar-refractivity contribution in [3.63, 3.8) is 0 Å². The second kappa shape index (κ2) is 5.50. The van der Waals surface area contributed by atoms with Crippen molar-refractivity contribution < 1.29 is 13.9 Å². The SMILES string of the molecule is CCCNC(C)c1nnc(-c2ccc3c(c2)OCO3)o1. The fourth-order valence-electron chi connectivity index (χ4n) is 2.00. The predicted molar refractivity (Wildman–Crippen MR) is 72.6 cm³/mol. The zero-order chi connectivity index (χ0) is 13.9. The summed E-state index contributed by atoms with van der Waals surface area (Å²) < 4.78 is 16.3. The molecule has 1 N–H and O–H groups in total. The lowest BCUT2D eigenvalue weighted by molar-refractivity contribution is 0.174. The van der Waals surface area contributed by atoms with E-state index in [4.69, 9.17) is 13.9 Å². The minimum atomic E-state index is 0.0465. The van der Waals surface area contributed by atoms with Crippen LogP contribution >= 0.6 is 0 Å². The Morgan fingerprint density at radius 1 is 1.25 bits per heavy atom. The third-order valence-electron chi connectivity index (χ3n) is 3.13. The molecule has 0 saturated carbocycles. The average Bonchev–Trinajstić information content (AvgIpc) is 3.12. The van der Waals surface area contributed by atoms with Crippen molar-refractivity contribution in [1.29, 1.82) is 0 Å². The maximum atomic E-state index is 5.71. The van der Waals surface area contributed by atoms with Crippen LogP contribution in [0.2, 0.25) is 0 Å². The summed E-state index contributed by atoms with van der Waals surface area (Å²) >= 11 is 0. The van der Waals surface area contributed by atoms with Crippen LogP contribution in [0.3, 0.4) is 0 Å². The molecule has 1 aliphatic heterocycles. The van der Waals surface area contributed by atoms with Gasteiger partial charge in [-0.1, -0.05) is 6.92 Å². The van der Waals surface area contributed by atoms with Gasteiger partial charge in [0, 0.05) is 5.56 Å². The second-order valence-corrected chi connectivity index (χ2v) is 4.69. The zero-order valence-corrected chi connectivity index (χ0v) is 11.5. The van der Waals surface area contributed by atoms with Gasteiger partial charge in [0.2, 0.25) is 18.6 Å². The highest BCUT2D eigenvalue weighted by Crippen LogP contribution is 2.35. The molecule has 0 saturated heterocycles. The van der Waals surface area contributed by atoms with Crippen molar-refractivity contribution in [3.05, 3.63) is 24.1 Å². The molecule has 3 rings (SSSR count). The van der Waals surface area contributed by atoms with Gasteiger partial charge >= 0.3 is 0 Å². The van der Waals surface area contributed by atoms with Crippen LogP contribution in [0.25, 0.3) is 11.5 Å². The first-order chi connectivity index (χ1) is 9.78. The number of fused-ring (bicyclic) bond motifs is 1. The van der Waals surface area contributed by atoms with Crippen LogP contribution in [0, 0.1) is 0 Å². The van der Waals surface area contributed by atoms with Crippen LogP contribution in [-0.2, 0) is 0 Å². The molecular weight excluding hydrogens is 258 g/mol.